The summed E-state index contributed by atoms with van der Waals surface area (Å²) in [6.45, 7) is 3.71. The molecule has 35 heavy (non-hydrogen) atoms. The summed E-state index contributed by atoms with van der Waals surface area (Å²) < 4.78 is 9.40. The molecule has 1 atom stereocenters. The van der Waals surface area contributed by atoms with Crippen molar-refractivity contribution < 1.29 is 4.74 Å². The Morgan fingerprint density at radius 2 is 1.86 bits per heavy atom. The Morgan fingerprint density at radius 1 is 1.03 bits per heavy atom. The van der Waals surface area contributed by atoms with E-state index in [1.54, 1.807) is 29.3 Å². The summed E-state index contributed by atoms with van der Waals surface area (Å²) in [5.41, 5.74) is 3.23. The second kappa shape index (κ2) is 9.07. The van der Waals surface area contributed by atoms with E-state index < -0.39 is 0 Å². The SMILES string of the molecule is Cn1cc(-c2ccc(=O)n(Cc3cccc(-c4ncc(OC5CN6CCC5CC6)cn4)c3)n2)cn1. The van der Waals surface area contributed by atoms with Crippen molar-refractivity contribution in [3.63, 3.8) is 0 Å². The van der Waals surface area contributed by atoms with Crippen molar-refractivity contribution in [2.24, 2.45) is 13.0 Å². The van der Waals surface area contributed by atoms with Gasteiger partial charge in [-0.25, -0.2) is 14.6 Å². The number of piperidine rings is 3. The van der Waals surface area contributed by atoms with Gasteiger partial charge in [-0.3, -0.25) is 14.4 Å². The van der Waals surface area contributed by atoms with Crippen LogP contribution in [0.25, 0.3) is 22.6 Å². The fourth-order valence-electron chi connectivity index (χ4n) is 5.00. The molecule has 3 aliphatic rings. The van der Waals surface area contributed by atoms with Gasteiger partial charge < -0.3 is 4.74 Å². The maximum absolute atomic E-state index is 12.5. The number of aromatic nitrogens is 6. The van der Waals surface area contributed by atoms with E-state index in [2.05, 4.69) is 25.1 Å². The lowest BCUT2D eigenvalue weighted by molar-refractivity contribution is -0.00809. The van der Waals surface area contributed by atoms with Gasteiger partial charge in [-0.1, -0.05) is 18.2 Å². The van der Waals surface area contributed by atoms with Crippen LogP contribution in [0, 0.1) is 5.92 Å². The maximum atomic E-state index is 12.5. The molecule has 2 bridgehead atoms. The monoisotopic (exact) mass is 469 g/mol. The first kappa shape index (κ1) is 21.7. The van der Waals surface area contributed by atoms with E-state index in [4.69, 9.17) is 4.74 Å². The predicted octanol–water partition coefficient (Wildman–Crippen LogP) is 2.62. The van der Waals surface area contributed by atoms with E-state index in [1.807, 2.05) is 37.5 Å². The van der Waals surface area contributed by atoms with Crippen LogP contribution >= 0.6 is 0 Å². The topological polar surface area (TPSA) is 91.0 Å². The molecule has 0 spiro atoms. The van der Waals surface area contributed by atoms with Crippen LogP contribution in [-0.4, -0.2) is 60.2 Å². The number of hydrogen-bond donors (Lipinski definition) is 0. The first-order chi connectivity index (χ1) is 17.1. The average molecular weight is 470 g/mol. The number of rotatable bonds is 6. The number of nitrogens with zero attached hydrogens (tertiary/aromatic N) is 7. The molecule has 7 rings (SSSR count). The van der Waals surface area contributed by atoms with Gasteiger partial charge in [0.1, 0.15) is 6.10 Å². The minimum absolute atomic E-state index is 0.159. The Hall–Kier alpha value is -3.85. The first-order valence-corrected chi connectivity index (χ1v) is 12.0. The van der Waals surface area contributed by atoms with Crippen molar-refractivity contribution in [2.75, 3.05) is 19.6 Å². The zero-order valence-corrected chi connectivity index (χ0v) is 19.6. The van der Waals surface area contributed by atoms with E-state index in [1.165, 1.54) is 36.7 Å². The predicted molar refractivity (Wildman–Crippen MR) is 131 cm³/mol. The van der Waals surface area contributed by atoms with Crippen molar-refractivity contribution in [1.29, 1.82) is 0 Å². The summed E-state index contributed by atoms with van der Waals surface area (Å²) in [5, 5.41) is 8.72. The van der Waals surface area contributed by atoms with Gasteiger partial charge in [0, 0.05) is 37.0 Å². The van der Waals surface area contributed by atoms with Crippen LogP contribution in [0.4, 0.5) is 0 Å². The Labute approximate surface area is 203 Å². The number of hydrogen-bond acceptors (Lipinski definition) is 7. The minimum atomic E-state index is -0.159. The molecular weight excluding hydrogens is 442 g/mol. The van der Waals surface area contributed by atoms with Crippen LogP contribution in [0.1, 0.15) is 18.4 Å². The highest BCUT2D eigenvalue weighted by Crippen LogP contribution is 2.30. The highest BCUT2D eigenvalue weighted by Gasteiger charge is 2.35. The second-order valence-corrected chi connectivity index (χ2v) is 9.35. The first-order valence-electron chi connectivity index (χ1n) is 12.0. The van der Waals surface area contributed by atoms with Crippen LogP contribution in [0.5, 0.6) is 5.75 Å². The highest BCUT2D eigenvalue weighted by molar-refractivity contribution is 5.57. The molecule has 178 valence electrons. The van der Waals surface area contributed by atoms with Crippen molar-refractivity contribution in [2.45, 2.75) is 25.5 Å². The quantitative estimate of drug-likeness (QED) is 0.429. The summed E-state index contributed by atoms with van der Waals surface area (Å²) in [6.07, 6.45) is 9.77. The molecule has 0 saturated carbocycles. The summed E-state index contributed by atoms with van der Waals surface area (Å²) >= 11 is 0. The molecule has 0 amide bonds. The van der Waals surface area contributed by atoms with Gasteiger partial charge in [-0.05, 0) is 49.5 Å². The molecule has 0 N–H and O–H groups in total. The third kappa shape index (κ3) is 4.59. The van der Waals surface area contributed by atoms with E-state index in [9.17, 15) is 4.79 Å². The van der Waals surface area contributed by atoms with Gasteiger partial charge in [-0.2, -0.15) is 10.2 Å². The number of benzene rings is 1. The van der Waals surface area contributed by atoms with Gasteiger partial charge >= 0.3 is 0 Å². The average Bonchev–Trinajstić information content (AvgIpc) is 3.33. The lowest BCUT2D eigenvalue weighted by atomic mass is 9.86. The summed E-state index contributed by atoms with van der Waals surface area (Å²) in [5.74, 6) is 1.97. The van der Waals surface area contributed by atoms with E-state index in [0.29, 0.717) is 29.7 Å². The smallest absolute Gasteiger partial charge is 0.267 e. The van der Waals surface area contributed by atoms with Crippen LogP contribution in [-0.2, 0) is 13.6 Å². The molecule has 3 saturated heterocycles. The number of ether oxygens (including phenoxy) is 1. The molecule has 6 heterocycles. The van der Waals surface area contributed by atoms with E-state index >= 15 is 0 Å². The van der Waals surface area contributed by atoms with E-state index in [0.717, 1.165) is 23.2 Å². The number of aryl methyl sites for hydroxylation is 1. The molecule has 1 aromatic carbocycles. The molecule has 9 heteroatoms. The zero-order valence-electron chi connectivity index (χ0n) is 19.6. The van der Waals surface area contributed by atoms with Gasteiger partial charge in [-0.15, -0.1) is 0 Å². The third-order valence-electron chi connectivity index (χ3n) is 6.90. The molecule has 1 unspecified atom stereocenters. The summed E-state index contributed by atoms with van der Waals surface area (Å²) in [6, 6.07) is 11.1. The summed E-state index contributed by atoms with van der Waals surface area (Å²) in [7, 11) is 1.85. The van der Waals surface area contributed by atoms with Crippen LogP contribution in [0.2, 0.25) is 0 Å². The molecule has 3 fully saturated rings. The Balaban J connectivity index is 1.18. The Bertz CT molecular complexity index is 1390. The molecule has 0 radical (unpaired) electrons. The maximum Gasteiger partial charge on any atom is 0.267 e. The lowest BCUT2D eigenvalue weighted by Crippen LogP contribution is -2.52. The summed E-state index contributed by atoms with van der Waals surface area (Å²) in [4.78, 5) is 24.0. The van der Waals surface area contributed by atoms with Crippen molar-refractivity contribution in [3.8, 4) is 28.4 Å². The van der Waals surface area contributed by atoms with Crippen molar-refractivity contribution >= 4 is 0 Å². The fourth-order valence-corrected chi connectivity index (χ4v) is 5.00. The third-order valence-corrected chi connectivity index (χ3v) is 6.90. The van der Waals surface area contributed by atoms with Crippen molar-refractivity contribution in [1.82, 2.24) is 34.4 Å². The zero-order chi connectivity index (χ0) is 23.8. The van der Waals surface area contributed by atoms with Crippen LogP contribution in [0.15, 0.2) is 66.0 Å². The Kier molecular flexibility index (Phi) is 5.61. The lowest BCUT2D eigenvalue weighted by Gasteiger charge is -2.44. The van der Waals surface area contributed by atoms with Crippen LogP contribution < -0.4 is 10.3 Å². The molecule has 3 aromatic heterocycles. The van der Waals surface area contributed by atoms with Crippen molar-refractivity contribution in [3.05, 3.63) is 77.1 Å². The minimum Gasteiger partial charge on any atom is -0.486 e. The van der Waals surface area contributed by atoms with Gasteiger partial charge in [0.15, 0.2) is 11.6 Å². The number of fused-ring (bicyclic) bond motifs is 3. The van der Waals surface area contributed by atoms with Crippen LogP contribution in [0.3, 0.4) is 0 Å². The molecule has 3 aliphatic heterocycles. The Morgan fingerprint density at radius 3 is 2.57 bits per heavy atom. The van der Waals surface area contributed by atoms with Gasteiger partial charge in [0.25, 0.3) is 5.56 Å². The largest absolute Gasteiger partial charge is 0.486 e. The molecule has 0 aliphatic carbocycles. The molecular formula is C26H27N7O2. The molecule has 4 aromatic rings. The fraction of sp³-hybridized carbons (Fsp3) is 0.346. The second-order valence-electron chi connectivity index (χ2n) is 9.35. The highest BCUT2D eigenvalue weighted by atomic mass is 16.5. The van der Waals surface area contributed by atoms with Gasteiger partial charge in [0.05, 0.1) is 30.8 Å². The molecule has 9 nitrogen and oxygen atoms in total. The van der Waals surface area contributed by atoms with E-state index in [-0.39, 0.29) is 11.7 Å². The van der Waals surface area contributed by atoms with Gasteiger partial charge in [0.2, 0.25) is 0 Å². The standard InChI is InChI=1S/C26H27N7O2/c1-31-16-21(12-29-31)23-5-6-25(34)33(30-23)15-18-3-2-4-20(11-18)26-27-13-22(14-28-26)35-24-17-32-9-7-19(24)8-10-32/h2-6,11-14,16,19,24H,7-10,15,17H2,1H3. The normalized spacial score (nSPS) is 21.2.